The molecule has 0 aliphatic carbocycles. The number of nitriles is 1. The van der Waals surface area contributed by atoms with Crippen LogP contribution in [0.2, 0.25) is 0 Å². The number of amides is 1. The lowest BCUT2D eigenvalue weighted by Gasteiger charge is -2.18. The van der Waals surface area contributed by atoms with Gasteiger partial charge in [-0.05, 0) is 37.3 Å². The molecule has 2 rings (SSSR count). The van der Waals surface area contributed by atoms with Gasteiger partial charge in [0.2, 0.25) is 0 Å². The van der Waals surface area contributed by atoms with Crippen molar-refractivity contribution in [2.45, 2.75) is 13.0 Å². The van der Waals surface area contributed by atoms with E-state index in [0.29, 0.717) is 16.9 Å². The van der Waals surface area contributed by atoms with Crippen molar-refractivity contribution in [1.82, 2.24) is 0 Å². The van der Waals surface area contributed by atoms with Gasteiger partial charge in [0.1, 0.15) is 0 Å². The predicted molar refractivity (Wildman–Crippen MR) is 102 cm³/mol. The first-order valence-corrected chi connectivity index (χ1v) is 8.20. The third kappa shape index (κ3) is 4.82. The number of nitro benzene ring substituents is 1. The van der Waals surface area contributed by atoms with Crippen LogP contribution in [0.15, 0.2) is 42.5 Å². The highest BCUT2D eigenvalue weighted by atomic mass is 16.6. The maximum Gasteiger partial charge on any atom is 0.341 e. The molecule has 9 nitrogen and oxygen atoms in total. The monoisotopic (exact) mass is 382 g/mol. The Hall–Kier alpha value is -3.93. The van der Waals surface area contributed by atoms with Gasteiger partial charge in [-0.15, -0.1) is 0 Å². The van der Waals surface area contributed by atoms with Crippen LogP contribution in [0, 0.1) is 21.4 Å². The number of carbonyl (C=O) groups is 2. The first kappa shape index (κ1) is 20.4. The van der Waals surface area contributed by atoms with E-state index in [2.05, 4.69) is 5.32 Å². The summed E-state index contributed by atoms with van der Waals surface area (Å²) in [5.74, 6) is -1.43. The van der Waals surface area contributed by atoms with E-state index in [0.717, 1.165) is 6.07 Å². The molecule has 9 heteroatoms. The molecule has 0 spiro atoms. The van der Waals surface area contributed by atoms with Crippen LogP contribution in [0.3, 0.4) is 0 Å². The minimum Gasteiger partial charge on any atom is -0.449 e. The first-order chi connectivity index (χ1) is 13.2. The van der Waals surface area contributed by atoms with Gasteiger partial charge in [-0.1, -0.05) is 0 Å². The van der Waals surface area contributed by atoms with Gasteiger partial charge in [0.25, 0.3) is 11.6 Å². The molecule has 0 unspecified atom stereocenters. The molecule has 1 amide bonds. The summed E-state index contributed by atoms with van der Waals surface area (Å²) in [5.41, 5.74) is 1.04. The van der Waals surface area contributed by atoms with E-state index in [9.17, 15) is 19.7 Å². The molecule has 0 aliphatic rings. The average Bonchev–Trinajstić information content (AvgIpc) is 2.67. The van der Waals surface area contributed by atoms with E-state index in [1.807, 2.05) is 6.07 Å². The zero-order valence-corrected chi connectivity index (χ0v) is 15.5. The lowest BCUT2D eigenvalue weighted by atomic mass is 10.1. The highest BCUT2D eigenvalue weighted by molar-refractivity contribution is 6.00. The summed E-state index contributed by atoms with van der Waals surface area (Å²) in [5, 5.41) is 22.3. The van der Waals surface area contributed by atoms with Crippen molar-refractivity contribution < 1.29 is 19.2 Å². The number of nitro groups is 1. The molecule has 0 fully saturated rings. The fourth-order valence-electron chi connectivity index (χ4n) is 2.34. The predicted octanol–water partition coefficient (Wildman–Crippen LogP) is 2.72. The molecule has 0 aromatic heterocycles. The number of non-ortho nitro benzene ring substituents is 1. The Labute approximate surface area is 161 Å². The molecule has 0 radical (unpaired) electrons. The van der Waals surface area contributed by atoms with Crippen LogP contribution < -0.4 is 10.2 Å². The largest absolute Gasteiger partial charge is 0.449 e. The molecular weight excluding hydrogens is 364 g/mol. The summed E-state index contributed by atoms with van der Waals surface area (Å²) >= 11 is 0. The van der Waals surface area contributed by atoms with Crippen molar-refractivity contribution in [1.29, 1.82) is 5.26 Å². The number of benzene rings is 2. The Morgan fingerprint density at radius 2 is 1.86 bits per heavy atom. The van der Waals surface area contributed by atoms with E-state index >= 15 is 0 Å². The third-order valence-corrected chi connectivity index (χ3v) is 3.83. The van der Waals surface area contributed by atoms with Gasteiger partial charge in [-0.25, -0.2) is 4.79 Å². The molecular formula is C19H18N4O5. The molecule has 0 saturated carbocycles. The fourth-order valence-corrected chi connectivity index (χ4v) is 2.34. The second-order valence-electron chi connectivity index (χ2n) is 6.08. The van der Waals surface area contributed by atoms with Crippen LogP contribution in [0.5, 0.6) is 0 Å². The number of hydrogen-bond donors (Lipinski definition) is 1. The van der Waals surface area contributed by atoms with E-state index in [1.54, 1.807) is 43.3 Å². The summed E-state index contributed by atoms with van der Waals surface area (Å²) in [6, 6.07) is 12.0. The lowest BCUT2D eigenvalue weighted by Crippen LogP contribution is -2.30. The Balaban J connectivity index is 2.14. The molecule has 1 atom stereocenters. The SMILES string of the molecule is C[C@@H](OC(=O)c1cc([N+](=O)[O-])ccc1N(C)C)C(=O)Nc1ccc(C#N)cc1. The number of esters is 1. The summed E-state index contributed by atoms with van der Waals surface area (Å²) in [4.78, 5) is 36.8. The number of carbonyl (C=O) groups excluding carboxylic acids is 2. The maximum absolute atomic E-state index is 12.5. The van der Waals surface area contributed by atoms with Gasteiger partial charge in [-0.2, -0.15) is 5.26 Å². The molecule has 144 valence electrons. The van der Waals surface area contributed by atoms with Gasteiger partial charge >= 0.3 is 5.97 Å². The standard InChI is InChI=1S/C19H18N4O5/c1-12(18(24)21-14-6-4-13(11-20)5-7-14)28-19(25)16-10-15(23(26)27)8-9-17(16)22(2)3/h4-10,12H,1-3H3,(H,21,24)/t12-/m1/s1. The summed E-state index contributed by atoms with van der Waals surface area (Å²) < 4.78 is 5.19. The summed E-state index contributed by atoms with van der Waals surface area (Å²) in [6.45, 7) is 1.39. The number of ether oxygens (including phenoxy) is 1. The highest BCUT2D eigenvalue weighted by Gasteiger charge is 2.24. The number of hydrogen-bond acceptors (Lipinski definition) is 7. The zero-order valence-electron chi connectivity index (χ0n) is 15.5. The minimum absolute atomic E-state index is 0.0165. The minimum atomic E-state index is -1.14. The lowest BCUT2D eigenvalue weighted by molar-refractivity contribution is -0.384. The second kappa shape index (κ2) is 8.64. The summed E-state index contributed by atoms with van der Waals surface area (Å²) in [6.07, 6.45) is -1.14. The number of nitrogens with zero attached hydrogens (tertiary/aromatic N) is 3. The average molecular weight is 382 g/mol. The van der Waals surface area contributed by atoms with Gasteiger partial charge < -0.3 is 15.0 Å². The van der Waals surface area contributed by atoms with Crippen molar-refractivity contribution >= 4 is 28.9 Å². The van der Waals surface area contributed by atoms with E-state index < -0.39 is 22.9 Å². The smallest absolute Gasteiger partial charge is 0.341 e. The number of anilines is 2. The van der Waals surface area contributed by atoms with Crippen molar-refractivity contribution in [3.63, 3.8) is 0 Å². The van der Waals surface area contributed by atoms with E-state index in [-0.39, 0.29) is 11.3 Å². The van der Waals surface area contributed by atoms with Crippen molar-refractivity contribution in [2.75, 3.05) is 24.3 Å². The van der Waals surface area contributed by atoms with Gasteiger partial charge in [-0.3, -0.25) is 14.9 Å². The Morgan fingerprint density at radius 1 is 1.21 bits per heavy atom. The van der Waals surface area contributed by atoms with E-state index in [1.165, 1.54) is 19.1 Å². The number of rotatable bonds is 6. The van der Waals surface area contributed by atoms with Crippen LogP contribution >= 0.6 is 0 Å². The molecule has 1 N–H and O–H groups in total. The molecule has 0 saturated heterocycles. The third-order valence-electron chi connectivity index (χ3n) is 3.83. The van der Waals surface area contributed by atoms with Gasteiger partial charge in [0.15, 0.2) is 6.10 Å². The molecule has 2 aromatic rings. The van der Waals surface area contributed by atoms with Crippen LogP contribution in [0.1, 0.15) is 22.8 Å². The molecule has 0 heterocycles. The normalized spacial score (nSPS) is 11.1. The van der Waals surface area contributed by atoms with Gasteiger partial charge in [0.05, 0.1) is 27.8 Å². The zero-order chi connectivity index (χ0) is 20.8. The molecule has 28 heavy (non-hydrogen) atoms. The van der Waals surface area contributed by atoms with Crippen molar-refractivity contribution in [3.05, 3.63) is 63.7 Å². The van der Waals surface area contributed by atoms with Gasteiger partial charge in [0, 0.05) is 31.9 Å². The van der Waals surface area contributed by atoms with Crippen LogP contribution in [0.25, 0.3) is 0 Å². The molecule has 0 bridgehead atoms. The van der Waals surface area contributed by atoms with Crippen molar-refractivity contribution in [2.24, 2.45) is 0 Å². The maximum atomic E-state index is 12.5. The Bertz CT molecular complexity index is 948. The topological polar surface area (TPSA) is 126 Å². The van der Waals surface area contributed by atoms with Crippen LogP contribution in [0.4, 0.5) is 17.1 Å². The van der Waals surface area contributed by atoms with Crippen LogP contribution in [-0.2, 0) is 9.53 Å². The number of nitrogens with one attached hydrogen (secondary N) is 1. The molecule has 2 aromatic carbocycles. The first-order valence-electron chi connectivity index (χ1n) is 8.20. The van der Waals surface area contributed by atoms with E-state index in [4.69, 9.17) is 10.00 Å². The van der Waals surface area contributed by atoms with Crippen LogP contribution in [-0.4, -0.2) is 37.0 Å². The fraction of sp³-hybridized carbons (Fsp3) is 0.211. The Morgan fingerprint density at radius 3 is 2.39 bits per heavy atom. The summed E-state index contributed by atoms with van der Waals surface area (Å²) in [7, 11) is 3.36. The van der Waals surface area contributed by atoms with Crippen molar-refractivity contribution in [3.8, 4) is 6.07 Å². The molecule has 0 aliphatic heterocycles. The Kier molecular flexibility index (Phi) is 6.29. The highest BCUT2D eigenvalue weighted by Crippen LogP contribution is 2.25. The quantitative estimate of drug-likeness (QED) is 0.462. The second-order valence-corrected chi connectivity index (χ2v) is 6.08.